The van der Waals surface area contributed by atoms with Crippen LogP contribution >= 0.6 is 0 Å². The van der Waals surface area contributed by atoms with Crippen molar-refractivity contribution in [3.8, 4) is 0 Å². The van der Waals surface area contributed by atoms with Crippen molar-refractivity contribution in [3.63, 3.8) is 0 Å². The molecule has 26 heavy (non-hydrogen) atoms. The van der Waals surface area contributed by atoms with Gasteiger partial charge in [-0.3, -0.25) is 4.79 Å². The number of hydrogen-bond donors (Lipinski definition) is 1. The second-order valence-electron chi connectivity index (χ2n) is 6.51. The van der Waals surface area contributed by atoms with Crippen molar-refractivity contribution in [2.24, 2.45) is 5.92 Å². The van der Waals surface area contributed by atoms with E-state index < -0.39 is 23.9 Å². The van der Waals surface area contributed by atoms with E-state index in [9.17, 15) is 19.1 Å². The Morgan fingerprint density at radius 1 is 1.19 bits per heavy atom. The molecular formula is C20H20FNO4. The maximum atomic E-state index is 13.9. The highest BCUT2D eigenvalue weighted by Gasteiger charge is 2.41. The van der Waals surface area contributed by atoms with Crippen LogP contribution in [0.3, 0.4) is 0 Å². The number of benzene rings is 2. The molecule has 2 unspecified atom stereocenters. The lowest BCUT2D eigenvalue weighted by Crippen LogP contribution is -2.30. The van der Waals surface area contributed by atoms with Gasteiger partial charge in [0.15, 0.2) is 0 Å². The average molecular weight is 357 g/mol. The van der Waals surface area contributed by atoms with Crippen LogP contribution in [0, 0.1) is 18.7 Å². The zero-order valence-corrected chi connectivity index (χ0v) is 14.4. The van der Waals surface area contributed by atoms with Crippen LogP contribution in [0.5, 0.6) is 0 Å². The fourth-order valence-corrected chi connectivity index (χ4v) is 3.19. The molecule has 1 N–H and O–H groups in total. The predicted molar refractivity (Wildman–Crippen MR) is 93.2 cm³/mol. The molecule has 3 rings (SSSR count). The number of hydrogen-bond acceptors (Lipinski definition) is 3. The standard InChI is InChI=1S/C20H20FNO4/c1-13-7-8-15(9-18(13)21)16-10-22(11-17(16)19(23)24)20(25)26-12-14-5-3-2-4-6-14/h2-9,16-17H,10-12H2,1H3,(H,23,24). The van der Waals surface area contributed by atoms with Crippen LogP contribution in [0.15, 0.2) is 48.5 Å². The topological polar surface area (TPSA) is 66.8 Å². The van der Waals surface area contributed by atoms with E-state index in [0.717, 1.165) is 5.56 Å². The van der Waals surface area contributed by atoms with E-state index in [2.05, 4.69) is 0 Å². The van der Waals surface area contributed by atoms with Crippen molar-refractivity contribution in [2.45, 2.75) is 19.4 Å². The fraction of sp³-hybridized carbons (Fsp3) is 0.300. The Morgan fingerprint density at radius 3 is 2.58 bits per heavy atom. The van der Waals surface area contributed by atoms with Crippen molar-refractivity contribution >= 4 is 12.1 Å². The maximum Gasteiger partial charge on any atom is 0.410 e. The minimum absolute atomic E-state index is 0.0448. The lowest BCUT2D eigenvalue weighted by Gasteiger charge is -2.17. The molecule has 0 saturated carbocycles. The summed E-state index contributed by atoms with van der Waals surface area (Å²) in [6.45, 7) is 2.00. The molecule has 1 saturated heterocycles. The number of amides is 1. The fourth-order valence-electron chi connectivity index (χ4n) is 3.19. The average Bonchev–Trinajstić information content (AvgIpc) is 3.09. The lowest BCUT2D eigenvalue weighted by molar-refractivity contribution is -0.141. The molecule has 2 atom stereocenters. The second kappa shape index (κ2) is 7.56. The van der Waals surface area contributed by atoms with Gasteiger partial charge >= 0.3 is 12.1 Å². The third-order valence-corrected chi connectivity index (χ3v) is 4.72. The van der Waals surface area contributed by atoms with E-state index in [1.54, 1.807) is 19.1 Å². The van der Waals surface area contributed by atoms with Crippen molar-refractivity contribution in [1.29, 1.82) is 0 Å². The second-order valence-corrected chi connectivity index (χ2v) is 6.51. The Bertz CT molecular complexity index is 809. The van der Waals surface area contributed by atoms with Gasteiger partial charge in [-0.2, -0.15) is 0 Å². The molecule has 0 radical (unpaired) electrons. The van der Waals surface area contributed by atoms with Crippen LogP contribution in [0.25, 0.3) is 0 Å². The predicted octanol–water partition coefficient (Wildman–Crippen LogP) is 3.57. The third-order valence-electron chi connectivity index (χ3n) is 4.72. The molecule has 1 aliphatic heterocycles. The summed E-state index contributed by atoms with van der Waals surface area (Å²) in [6, 6.07) is 14.0. The number of carboxylic acids is 1. The van der Waals surface area contributed by atoms with Gasteiger partial charge in [0.2, 0.25) is 0 Å². The third kappa shape index (κ3) is 3.85. The van der Waals surface area contributed by atoms with E-state index in [1.807, 2.05) is 30.3 Å². The van der Waals surface area contributed by atoms with Gasteiger partial charge in [-0.15, -0.1) is 0 Å². The summed E-state index contributed by atoms with van der Waals surface area (Å²) in [4.78, 5) is 25.3. The van der Waals surface area contributed by atoms with Crippen LogP contribution in [-0.4, -0.2) is 35.2 Å². The molecule has 1 fully saturated rings. The maximum absolute atomic E-state index is 13.9. The Labute approximate surface area is 151 Å². The summed E-state index contributed by atoms with van der Waals surface area (Å²) in [5.74, 6) is -2.64. The number of aryl methyl sites for hydroxylation is 1. The first kappa shape index (κ1) is 17.9. The minimum Gasteiger partial charge on any atom is -0.481 e. The summed E-state index contributed by atoms with van der Waals surface area (Å²) in [5.41, 5.74) is 1.93. The quantitative estimate of drug-likeness (QED) is 0.908. The Kier molecular flexibility index (Phi) is 5.21. The molecule has 1 amide bonds. The number of rotatable bonds is 4. The molecule has 2 aromatic carbocycles. The SMILES string of the molecule is Cc1ccc(C2CN(C(=O)OCc3ccccc3)CC2C(=O)O)cc1F. The van der Waals surface area contributed by atoms with Crippen LogP contribution < -0.4 is 0 Å². The molecular weight excluding hydrogens is 337 g/mol. The van der Waals surface area contributed by atoms with Gasteiger partial charge in [0, 0.05) is 19.0 Å². The van der Waals surface area contributed by atoms with Crippen LogP contribution in [0.2, 0.25) is 0 Å². The van der Waals surface area contributed by atoms with Gasteiger partial charge in [0.1, 0.15) is 12.4 Å². The summed E-state index contributed by atoms with van der Waals surface area (Å²) in [7, 11) is 0. The highest BCUT2D eigenvalue weighted by Crippen LogP contribution is 2.34. The van der Waals surface area contributed by atoms with Gasteiger partial charge in [0.25, 0.3) is 0 Å². The Balaban J connectivity index is 1.71. The number of nitrogens with zero attached hydrogens (tertiary/aromatic N) is 1. The van der Waals surface area contributed by atoms with Crippen LogP contribution in [-0.2, 0) is 16.1 Å². The number of likely N-dealkylation sites (tertiary alicyclic amines) is 1. The Morgan fingerprint density at radius 2 is 1.92 bits per heavy atom. The number of carbonyl (C=O) groups excluding carboxylic acids is 1. The highest BCUT2D eigenvalue weighted by atomic mass is 19.1. The number of aliphatic carboxylic acids is 1. The first-order chi connectivity index (χ1) is 12.5. The van der Waals surface area contributed by atoms with Crippen molar-refractivity contribution in [1.82, 2.24) is 4.90 Å². The zero-order valence-electron chi connectivity index (χ0n) is 14.4. The van der Waals surface area contributed by atoms with E-state index in [0.29, 0.717) is 11.1 Å². The number of carbonyl (C=O) groups is 2. The molecule has 5 nitrogen and oxygen atoms in total. The summed E-state index contributed by atoms with van der Waals surface area (Å²) < 4.78 is 19.2. The first-order valence-corrected chi connectivity index (χ1v) is 8.40. The van der Waals surface area contributed by atoms with Crippen molar-refractivity contribution < 1.29 is 23.8 Å². The normalized spacial score (nSPS) is 19.4. The largest absolute Gasteiger partial charge is 0.481 e. The molecule has 136 valence electrons. The lowest BCUT2D eigenvalue weighted by atomic mass is 9.88. The number of halogens is 1. The van der Waals surface area contributed by atoms with Gasteiger partial charge in [-0.05, 0) is 29.7 Å². The van der Waals surface area contributed by atoms with Gasteiger partial charge in [-0.1, -0.05) is 42.5 Å². The van der Waals surface area contributed by atoms with Gasteiger partial charge < -0.3 is 14.7 Å². The van der Waals surface area contributed by atoms with E-state index in [-0.39, 0.29) is 25.5 Å². The van der Waals surface area contributed by atoms with E-state index in [4.69, 9.17) is 4.74 Å². The zero-order chi connectivity index (χ0) is 18.7. The minimum atomic E-state index is -1.01. The van der Waals surface area contributed by atoms with Crippen molar-refractivity contribution in [3.05, 3.63) is 71.0 Å². The molecule has 6 heteroatoms. The summed E-state index contributed by atoms with van der Waals surface area (Å²) >= 11 is 0. The molecule has 1 heterocycles. The van der Waals surface area contributed by atoms with E-state index >= 15 is 0 Å². The van der Waals surface area contributed by atoms with E-state index in [1.165, 1.54) is 11.0 Å². The molecule has 0 spiro atoms. The van der Waals surface area contributed by atoms with Crippen LogP contribution in [0.1, 0.15) is 22.6 Å². The summed E-state index contributed by atoms with van der Waals surface area (Å²) in [6.07, 6.45) is -0.560. The molecule has 0 bridgehead atoms. The van der Waals surface area contributed by atoms with Crippen LogP contribution in [0.4, 0.5) is 9.18 Å². The molecule has 0 aromatic heterocycles. The summed E-state index contributed by atoms with van der Waals surface area (Å²) in [5, 5.41) is 9.50. The number of ether oxygens (including phenoxy) is 1. The number of carboxylic acid groups (broad SMARTS) is 1. The molecule has 2 aromatic rings. The smallest absolute Gasteiger partial charge is 0.410 e. The van der Waals surface area contributed by atoms with Gasteiger partial charge in [0.05, 0.1) is 5.92 Å². The van der Waals surface area contributed by atoms with Crippen molar-refractivity contribution in [2.75, 3.05) is 13.1 Å². The van der Waals surface area contributed by atoms with Gasteiger partial charge in [-0.25, -0.2) is 9.18 Å². The highest BCUT2D eigenvalue weighted by molar-refractivity contribution is 5.75. The Hall–Kier alpha value is -2.89. The monoisotopic (exact) mass is 357 g/mol. The molecule has 1 aliphatic rings. The first-order valence-electron chi connectivity index (χ1n) is 8.40. The molecule has 0 aliphatic carbocycles.